The summed E-state index contributed by atoms with van der Waals surface area (Å²) in [4.78, 5) is 0. The average Bonchev–Trinajstić information content (AvgIpc) is 2.85. The van der Waals surface area contributed by atoms with Gasteiger partial charge in [0.15, 0.2) is 5.75 Å². The van der Waals surface area contributed by atoms with Crippen LogP contribution in [0.15, 0.2) is 39.4 Å². The van der Waals surface area contributed by atoms with Crippen LogP contribution in [0, 0.1) is 6.92 Å². The van der Waals surface area contributed by atoms with Crippen molar-refractivity contribution in [1.82, 2.24) is 0 Å². The highest BCUT2D eigenvalue weighted by Crippen LogP contribution is 2.37. The van der Waals surface area contributed by atoms with Crippen molar-refractivity contribution in [3.63, 3.8) is 0 Å². The Morgan fingerprint density at radius 3 is 2.48 bits per heavy atom. The summed E-state index contributed by atoms with van der Waals surface area (Å²) in [6.07, 6.45) is 1.31. The van der Waals surface area contributed by atoms with Crippen molar-refractivity contribution in [3.8, 4) is 17.1 Å². The number of furan rings is 1. The third-order valence-electron chi connectivity index (χ3n) is 2.53. The molecule has 0 amide bonds. The Hall–Kier alpha value is -1.48. The summed E-state index contributed by atoms with van der Waals surface area (Å²) < 4.78 is 69.5. The Morgan fingerprint density at radius 1 is 1.29 bits per heavy atom. The highest BCUT2D eigenvalue weighted by molar-refractivity contribution is 9.10. The van der Waals surface area contributed by atoms with Gasteiger partial charge in [0.25, 0.3) is 0 Å². The van der Waals surface area contributed by atoms with Gasteiger partial charge >= 0.3 is 15.6 Å². The van der Waals surface area contributed by atoms with Crippen molar-refractivity contribution in [2.24, 2.45) is 0 Å². The largest absolute Gasteiger partial charge is 0.534 e. The van der Waals surface area contributed by atoms with Gasteiger partial charge in [-0.2, -0.15) is 21.6 Å². The van der Waals surface area contributed by atoms with Gasteiger partial charge in [-0.1, -0.05) is 15.9 Å². The molecule has 9 heteroatoms. The van der Waals surface area contributed by atoms with Crippen molar-refractivity contribution >= 4 is 26.0 Å². The maximum atomic E-state index is 12.4. The van der Waals surface area contributed by atoms with Crippen LogP contribution in [0.4, 0.5) is 13.2 Å². The molecule has 0 bridgehead atoms. The Kier molecular flexibility index (Phi) is 4.07. The Labute approximate surface area is 126 Å². The molecule has 0 aliphatic heterocycles. The number of halogens is 4. The van der Waals surface area contributed by atoms with Crippen molar-refractivity contribution in [3.05, 3.63) is 40.6 Å². The lowest BCUT2D eigenvalue weighted by molar-refractivity contribution is -0.0499. The molecule has 0 fully saturated rings. The van der Waals surface area contributed by atoms with E-state index in [4.69, 9.17) is 4.42 Å². The van der Waals surface area contributed by atoms with Crippen LogP contribution in [-0.2, 0) is 10.1 Å². The predicted molar refractivity (Wildman–Crippen MR) is 72.2 cm³/mol. The first-order valence-electron chi connectivity index (χ1n) is 5.46. The van der Waals surface area contributed by atoms with Crippen LogP contribution in [0.2, 0.25) is 0 Å². The zero-order chi connectivity index (χ0) is 15.8. The third-order valence-corrected chi connectivity index (χ3v) is 4.35. The number of alkyl halides is 3. The van der Waals surface area contributed by atoms with Gasteiger partial charge in [0.2, 0.25) is 0 Å². The molecule has 2 rings (SSSR count). The Morgan fingerprint density at radius 2 is 1.95 bits per heavy atom. The quantitative estimate of drug-likeness (QED) is 0.586. The molecule has 0 atom stereocenters. The summed E-state index contributed by atoms with van der Waals surface area (Å²) in [5, 5.41) is 0. The average molecular weight is 385 g/mol. The topological polar surface area (TPSA) is 56.5 Å². The van der Waals surface area contributed by atoms with Crippen molar-refractivity contribution in [1.29, 1.82) is 0 Å². The van der Waals surface area contributed by atoms with Crippen LogP contribution in [0.25, 0.3) is 11.3 Å². The van der Waals surface area contributed by atoms with E-state index in [-0.39, 0.29) is 11.3 Å². The summed E-state index contributed by atoms with van der Waals surface area (Å²) in [7, 11) is -5.75. The highest BCUT2D eigenvalue weighted by Gasteiger charge is 2.48. The SMILES string of the molecule is Cc1cc(OS(=O)(=O)C(F)(F)F)c(-c2ccco2)cc1Br. The molecule has 1 aromatic heterocycles. The number of benzene rings is 1. The first-order valence-corrected chi connectivity index (χ1v) is 7.67. The fourth-order valence-corrected chi connectivity index (χ4v) is 2.33. The first kappa shape index (κ1) is 15.9. The van der Waals surface area contributed by atoms with E-state index in [0.29, 0.717) is 10.0 Å². The van der Waals surface area contributed by atoms with Crippen LogP contribution >= 0.6 is 15.9 Å². The van der Waals surface area contributed by atoms with E-state index < -0.39 is 21.4 Å². The van der Waals surface area contributed by atoms with Crippen molar-refractivity contribution in [2.75, 3.05) is 0 Å². The van der Waals surface area contributed by atoms with Gasteiger partial charge in [0.1, 0.15) is 5.76 Å². The molecule has 114 valence electrons. The molecule has 0 saturated carbocycles. The Bertz CT molecular complexity index is 752. The van der Waals surface area contributed by atoms with Crippen molar-refractivity contribution in [2.45, 2.75) is 12.4 Å². The second-order valence-corrected chi connectivity index (χ2v) is 6.45. The Balaban J connectivity index is 2.56. The third kappa shape index (κ3) is 3.24. The maximum Gasteiger partial charge on any atom is 0.534 e. The molecule has 21 heavy (non-hydrogen) atoms. The second kappa shape index (κ2) is 5.38. The van der Waals surface area contributed by atoms with Crippen LogP contribution in [0.5, 0.6) is 5.75 Å². The van der Waals surface area contributed by atoms with Gasteiger partial charge in [0.05, 0.1) is 11.8 Å². The lowest BCUT2D eigenvalue weighted by Crippen LogP contribution is -2.28. The zero-order valence-corrected chi connectivity index (χ0v) is 12.8. The smallest absolute Gasteiger partial charge is 0.464 e. The summed E-state index contributed by atoms with van der Waals surface area (Å²) in [6.45, 7) is 1.59. The number of rotatable bonds is 3. The van der Waals surface area contributed by atoms with Crippen LogP contribution < -0.4 is 4.18 Å². The molecular weight excluding hydrogens is 377 g/mol. The summed E-state index contributed by atoms with van der Waals surface area (Å²) in [5.41, 5.74) is -4.91. The molecule has 0 unspecified atom stereocenters. The summed E-state index contributed by atoms with van der Waals surface area (Å²) in [5.74, 6) is -0.272. The van der Waals surface area contributed by atoms with Crippen LogP contribution in [0.1, 0.15) is 5.56 Å². The molecule has 0 saturated heterocycles. The normalized spacial score (nSPS) is 12.4. The lowest BCUT2D eigenvalue weighted by atomic mass is 10.1. The minimum absolute atomic E-state index is 0.0882. The fraction of sp³-hybridized carbons (Fsp3) is 0.167. The van der Waals surface area contributed by atoms with Gasteiger partial charge in [-0.15, -0.1) is 0 Å². The van der Waals surface area contributed by atoms with E-state index in [2.05, 4.69) is 20.1 Å². The molecule has 0 spiro atoms. The fourth-order valence-electron chi connectivity index (χ4n) is 1.51. The van der Waals surface area contributed by atoms with Gasteiger partial charge in [-0.3, -0.25) is 0 Å². The molecule has 1 heterocycles. The molecule has 2 aromatic rings. The number of aryl methyl sites for hydroxylation is 1. The van der Waals surface area contributed by atoms with Gasteiger partial charge in [0, 0.05) is 4.47 Å². The number of hydrogen-bond acceptors (Lipinski definition) is 4. The minimum Gasteiger partial charge on any atom is -0.464 e. The summed E-state index contributed by atoms with van der Waals surface area (Å²) in [6, 6.07) is 5.61. The van der Waals surface area contributed by atoms with E-state index in [1.807, 2.05) is 0 Å². The predicted octanol–water partition coefficient (Wildman–Crippen LogP) is 4.25. The molecule has 0 aliphatic carbocycles. The van der Waals surface area contributed by atoms with Gasteiger partial charge in [-0.05, 0) is 36.8 Å². The van der Waals surface area contributed by atoms with Crippen molar-refractivity contribution < 1.29 is 30.2 Å². The molecule has 0 aliphatic rings. The standard InChI is InChI=1S/C12H8BrF3O4S/c1-7-5-11(20-21(17,18)12(14,15)16)8(6-9(7)13)10-3-2-4-19-10/h2-6H,1H3. The second-order valence-electron chi connectivity index (χ2n) is 4.06. The molecule has 0 radical (unpaired) electrons. The van der Waals surface area contributed by atoms with Gasteiger partial charge < -0.3 is 8.60 Å². The van der Waals surface area contributed by atoms with E-state index in [0.717, 1.165) is 0 Å². The summed E-state index contributed by atoms with van der Waals surface area (Å²) >= 11 is 3.22. The van der Waals surface area contributed by atoms with E-state index in [1.54, 1.807) is 6.92 Å². The molecule has 1 aromatic carbocycles. The van der Waals surface area contributed by atoms with E-state index in [9.17, 15) is 21.6 Å². The maximum absolute atomic E-state index is 12.4. The molecule has 0 N–H and O–H groups in total. The van der Waals surface area contributed by atoms with Crippen LogP contribution in [0.3, 0.4) is 0 Å². The monoisotopic (exact) mass is 384 g/mol. The molecular formula is C12H8BrF3O4S. The first-order chi connectivity index (χ1) is 9.62. The number of hydrogen-bond donors (Lipinski definition) is 0. The van der Waals surface area contributed by atoms with E-state index >= 15 is 0 Å². The lowest BCUT2D eigenvalue weighted by Gasteiger charge is -2.13. The molecule has 4 nitrogen and oxygen atoms in total. The van der Waals surface area contributed by atoms with E-state index in [1.165, 1.54) is 30.5 Å². The zero-order valence-electron chi connectivity index (χ0n) is 10.4. The minimum atomic E-state index is -5.75. The highest BCUT2D eigenvalue weighted by atomic mass is 79.9. The van der Waals surface area contributed by atoms with Gasteiger partial charge in [-0.25, -0.2) is 0 Å². The van der Waals surface area contributed by atoms with Crippen LogP contribution in [-0.4, -0.2) is 13.9 Å².